The second-order valence-corrected chi connectivity index (χ2v) is 4.57. The molecule has 20 heavy (non-hydrogen) atoms. The smallest absolute Gasteiger partial charge is 0.228 e. The number of fused-ring (bicyclic) bond motifs is 1. The van der Waals surface area contributed by atoms with Gasteiger partial charge in [0.2, 0.25) is 5.91 Å². The van der Waals surface area contributed by atoms with Crippen LogP contribution in [-0.2, 0) is 11.2 Å². The summed E-state index contributed by atoms with van der Waals surface area (Å²) in [5, 5.41) is 2.85. The molecular weight excluding hydrogens is 254 g/mol. The maximum Gasteiger partial charge on any atom is 0.228 e. The van der Waals surface area contributed by atoms with Crippen molar-refractivity contribution in [1.29, 1.82) is 0 Å². The van der Waals surface area contributed by atoms with Crippen LogP contribution in [0.15, 0.2) is 47.3 Å². The molecule has 2 aromatic heterocycles. The molecule has 0 aliphatic carbocycles. The van der Waals surface area contributed by atoms with Gasteiger partial charge in [0.25, 0.3) is 0 Å². The van der Waals surface area contributed by atoms with Crippen LogP contribution >= 0.6 is 0 Å². The lowest BCUT2D eigenvalue weighted by molar-refractivity contribution is -0.115. The summed E-state index contributed by atoms with van der Waals surface area (Å²) >= 11 is 0. The van der Waals surface area contributed by atoms with Crippen molar-refractivity contribution in [3.05, 3.63) is 54.2 Å². The van der Waals surface area contributed by atoms with Crippen molar-refractivity contribution in [2.75, 3.05) is 5.32 Å². The molecule has 0 spiro atoms. The van der Waals surface area contributed by atoms with Crippen molar-refractivity contribution in [2.45, 2.75) is 13.3 Å². The summed E-state index contributed by atoms with van der Waals surface area (Å²) < 4.78 is 5.22. The third-order valence-electron chi connectivity index (χ3n) is 2.94. The highest BCUT2D eigenvalue weighted by molar-refractivity contribution is 5.92. The van der Waals surface area contributed by atoms with Crippen molar-refractivity contribution in [1.82, 2.24) is 9.97 Å². The Morgan fingerprint density at radius 3 is 3.00 bits per heavy atom. The van der Waals surface area contributed by atoms with E-state index < -0.39 is 0 Å². The van der Waals surface area contributed by atoms with E-state index in [1.807, 2.05) is 31.2 Å². The molecule has 2 heterocycles. The van der Waals surface area contributed by atoms with Crippen LogP contribution in [0, 0.1) is 6.92 Å². The summed E-state index contributed by atoms with van der Waals surface area (Å²) in [5.74, 6) is -0.0746. The van der Waals surface area contributed by atoms with E-state index in [2.05, 4.69) is 15.3 Å². The fourth-order valence-electron chi connectivity index (χ4n) is 2.02. The van der Waals surface area contributed by atoms with Crippen LogP contribution in [0.1, 0.15) is 11.3 Å². The summed E-state index contributed by atoms with van der Waals surface area (Å²) in [5.41, 5.74) is 3.99. The van der Waals surface area contributed by atoms with Gasteiger partial charge in [-0.2, -0.15) is 0 Å². The number of carbonyl (C=O) groups excluding carboxylic acids is 1. The first-order valence-electron chi connectivity index (χ1n) is 6.25. The highest BCUT2D eigenvalue weighted by atomic mass is 16.3. The Hall–Kier alpha value is -2.69. The van der Waals surface area contributed by atoms with Crippen LogP contribution in [-0.4, -0.2) is 15.9 Å². The number of carbonyl (C=O) groups is 1. The number of oxazole rings is 1. The monoisotopic (exact) mass is 267 g/mol. The van der Waals surface area contributed by atoms with Gasteiger partial charge in [-0.15, -0.1) is 0 Å². The summed E-state index contributed by atoms with van der Waals surface area (Å²) in [4.78, 5) is 20.1. The number of benzene rings is 1. The average molecular weight is 267 g/mol. The highest BCUT2D eigenvalue weighted by Gasteiger charge is 2.06. The van der Waals surface area contributed by atoms with Gasteiger partial charge in [-0.1, -0.05) is 6.07 Å². The number of hydrogen-bond donors (Lipinski definition) is 1. The summed E-state index contributed by atoms with van der Waals surface area (Å²) in [6.07, 6.45) is 3.36. The molecule has 1 amide bonds. The fourth-order valence-corrected chi connectivity index (χ4v) is 2.02. The number of nitrogens with zero attached hydrogens (tertiary/aromatic N) is 2. The van der Waals surface area contributed by atoms with Gasteiger partial charge in [-0.25, -0.2) is 4.98 Å². The number of nitrogens with one attached hydrogen (secondary N) is 1. The van der Waals surface area contributed by atoms with Crippen LogP contribution in [0.25, 0.3) is 11.1 Å². The number of amides is 1. The Balaban J connectivity index is 1.72. The fraction of sp³-hybridized carbons (Fsp3) is 0.133. The van der Waals surface area contributed by atoms with Crippen LogP contribution in [0.4, 0.5) is 5.69 Å². The van der Waals surface area contributed by atoms with Crippen molar-refractivity contribution >= 4 is 22.7 Å². The van der Waals surface area contributed by atoms with Gasteiger partial charge in [0, 0.05) is 17.6 Å². The Labute approximate surface area is 115 Å². The van der Waals surface area contributed by atoms with Gasteiger partial charge in [-0.05, 0) is 36.8 Å². The summed E-state index contributed by atoms with van der Waals surface area (Å²) in [7, 11) is 0. The number of hydrogen-bond acceptors (Lipinski definition) is 4. The van der Waals surface area contributed by atoms with E-state index in [0.29, 0.717) is 5.58 Å². The molecule has 0 saturated carbocycles. The molecular formula is C15H13N3O2. The molecule has 0 unspecified atom stereocenters. The first kappa shape index (κ1) is 12.3. The van der Waals surface area contributed by atoms with E-state index in [0.717, 1.165) is 22.5 Å². The second kappa shape index (κ2) is 5.13. The maximum atomic E-state index is 12.0. The van der Waals surface area contributed by atoms with Crippen LogP contribution < -0.4 is 5.32 Å². The van der Waals surface area contributed by atoms with E-state index in [4.69, 9.17) is 4.42 Å². The predicted octanol–water partition coefficient (Wildman–Crippen LogP) is 2.71. The lowest BCUT2D eigenvalue weighted by atomic mass is 10.1. The zero-order valence-electron chi connectivity index (χ0n) is 11.0. The van der Waals surface area contributed by atoms with E-state index in [-0.39, 0.29) is 12.3 Å². The molecule has 0 radical (unpaired) electrons. The number of aromatic nitrogens is 2. The molecule has 100 valence electrons. The second-order valence-electron chi connectivity index (χ2n) is 4.57. The van der Waals surface area contributed by atoms with Crippen molar-refractivity contribution < 1.29 is 9.21 Å². The summed E-state index contributed by atoms with van der Waals surface area (Å²) in [6.45, 7) is 1.88. The molecule has 1 N–H and O–H groups in total. The number of aryl methyl sites for hydroxylation is 1. The molecule has 5 nitrogen and oxygen atoms in total. The van der Waals surface area contributed by atoms with Gasteiger partial charge in [0.15, 0.2) is 12.0 Å². The van der Waals surface area contributed by atoms with Gasteiger partial charge in [0.1, 0.15) is 5.52 Å². The lowest BCUT2D eigenvalue weighted by Crippen LogP contribution is -2.14. The molecule has 0 aliphatic heterocycles. The molecule has 0 bridgehead atoms. The lowest BCUT2D eigenvalue weighted by Gasteiger charge is -2.05. The zero-order chi connectivity index (χ0) is 13.9. The van der Waals surface area contributed by atoms with Crippen molar-refractivity contribution in [2.24, 2.45) is 0 Å². The highest BCUT2D eigenvalue weighted by Crippen LogP contribution is 2.15. The molecule has 1 aromatic carbocycles. The third-order valence-corrected chi connectivity index (χ3v) is 2.94. The Kier molecular flexibility index (Phi) is 3.16. The topological polar surface area (TPSA) is 68.0 Å². The Bertz CT molecular complexity index is 764. The minimum atomic E-state index is -0.0746. The van der Waals surface area contributed by atoms with Crippen LogP contribution in [0.5, 0.6) is 0 Å². The largest absolute Gasteiger partial charge is 0.443 e. The van der Waals surface area contributed by atoms with Gasteiger partial charge in [0.05, 0.1) is 6.42 Å². The van der Waals surface area contributed by atoms with E-state index in [1.54, 1.807) is 12.3 Å². The van der Waals surface area contributed by atoms with Crippen LogP contribution in [0.3, 0.4) is 0 Å². The van der Waals surface area contributed by atoms with E-state index in [1.165, 1.54) is 6.39 Å². The number of pyridine rings is 1. The minimum absolute atomic E-state index is 0.0746. The third kappa shape index (κ3) is 2.66. The molecule has 0 aliphatic rings. The molecule has 5 heteroatoms. The first-order chi connectivity index (χ1) is 9.70. The Morgan fingerprint density at radius 2 is 2.15 bits per heavy atom. The molecule has 3 aromatic rings. The van der Waals surface area contributed by atoms with E-state index in [9.17, 15) is 4.79 Å². The predicted molar refractivity (Wildman–Crippen MR) is 75.3 cm³/mol. The van der Waals surface area contributed by atoms with E-state index >= 15 is 0 Å². The van der Waals surface area contributed by atoms with Crippen LogP contribution in [0.2, 0.25) is 0 Å². The first-order valence-corrected chi connectivity index (χ1v) is 6.25. The summed E-state index contributed by atoms with van der Waals surface area (Å²) in [6, 6.07) is 9.15. The van der Waals surface area contributed by atoms with Gasteiger partial charge in [-0.3, -0.25) is 9.78 Å². The molecule has 3 rings (SSSR count). The molecule has 0 saturated heterocycles. The van der Waals surface area contributed by atoms with Gasteiger partial charge >= 0.3 is 0 Å². The zero-order valence-corrected chi connectivity index (χ0v) is 11.0. The van der Waals surface area contributed by atoms with Gasteiger partial charge < -0.3 is 9.73 Å². The minimum Gasteiger partial charge on any atom is -0.443 e. The quantitative estimate of drug-likeness (QED) is 0.792. The molecule has 0 atom stereocenters. The van der Waals surface area contributed by atoms with Crippen molar-refractivity contribution in [3.8, 4) is 0 Å². The average Bonchev–Trinajstić information content (AvgIpc) is 2.86. The van der Waals surface area contributed by atoms with Crippen molar-refractivity contribution in [3.63, 3.8) is 0 Å². The Morgan fingerprint density at radius 1 is 1.25 bits per heavy atom. The SMILES string of the molecule is Cc1cc(NC(=O)Cc2ccc3ncoc3c2)ccn1. The standard InChI is InChI=1S/C15H13N3O2/c1-10-6-12(4-5-16-10)18-15(19)8-11-2-3-13-14(7-11)20-9-17-13/h2-7,9H,8H2,1H3,(H,16,18,19). The number of anilines is 1. The molecule has 0 fully saturated rings. The number of rotatable bonds is 3. The maximum absolute atomic E-state index is 12.0. The normalized spacial score (nSPS) is 10.7.